The maximum absolute atomic E-state index is 11.1. The smallest absolute Gasteiger partial charge is 0.0860 e. The molecule has 0 spiro atoms. The molecule has 0 aromatic heterocycles. The monoisotopic (exact) mass is 432 g/mol. The van der Waals surface area contributed by atoms with Crippen molar-refractivity contribution in [2.24, 2.45) is 34.5 Å². The molecule has 0 amide bonds. The highest BCUT2D eigenvalue weighted by molar-refractivity contribution is 5.50. The summed E-state index contributed by atoms with van der Waals surface area (Å²) in [5.74, 6) is 1.17. The Hall–Kier alpha value is -0.680. The zero-order valence-electron chi connectivity index (χ0n) is 20.1. The van der Waals surface area contributed by atoms with Crippen LogP contribution in [-0.4, -0.2) is 44.8 Å². The van der Waals surface area contributed by atoms with Crippen LogP contribution in [-0.2, 0) is 0 Å². The average molecular weight is 433 g/mol. The Bertz CT molecular complexity index is 754. The number of fused-ring (bicyclic) bond motifs is 4. The van der Waals surface area contributed by atoms with Gasteiger partial charge in [0.1, 0.15) is 0 Å². The van der Waals surface area contributed by atoms with Crippen LogP contribution in [0.5, 0.6) is 0 Å². The van der Waals surface area contributed by atoms with Gasteiger partial charge in [0, 0.05) is 5.92 Å². The topological polar surface area (TPSA) is 80.9 Å². The van der Waals surface area contributed by atoms with Crippen LogP contribution in [0.4, 0.5) is 0 Å². The van der Waals surface area contributed by atoms with Gasteiger partial charge in [0.05, 0.1) is 24.4 Å². The van der Waals surface area contributed by atoms with Crippen LogP contribution < -0.4 is 0 Å². The third kappa shape index (κ3) is 3.66. The predicted molar refractivity (Wildman–Crippen MR) is 123 cm³/mol. The van der Waals surface area contributed by atoms with E-state index >= 15 is 0 Å². The Kier molecular flexibility index (Phi) is 6.26. The van der Waals surface area contributed by atoms with Crippen molar-refractivity contribution in [3.8, 4) is 0 Å². The molecule has 4 aliphatic rings. The van der Waals surface area contributed by atoms with Gasteiger partial charge in [-0.05, 0) is 91.1 Å². The molecule has 0 saturated heterocycles. The van der Waals surface area contributed by atoms with Gasteiger partial charge in [-0.3, -0.25) is 0 Å². The molecule has 0 aliphatic heterocycles. The van der Waals surface area contributed by atoms with Crippen LogP contribution in [0.3, 0.4) is 0 Å². The lowest BCUT2D eigenvalue weighted by molar-refractivity contribution is -0.133. The summed E-state index contributed by atoms with van der Waals surface area (Å²) in [6.07, 6.45) is 7.26. The average Bonchev–Trinajstić information content (AvgIpc) is 3.06. The molecule has 0 aromatic carbocycles. The minimum Gasteiger partial charge on any atom is -0.393 e. The maximum atomic E-state index is 11.1. The van der Waals surface area contributed by atoms with E-state index in [0.29, 0.717) is 30.6 Å². The first kappa shape index (κ1) is 23.5. The molecule has 4 aliphatic carbocycles. The Labute approximate surface area is 188 Å². The number of aliphatic hydroxyl groups is 4. The first-order valence-electron chi connectivity index (χ1n) is 12.7. The second-order valence-electron chi connectivity index (χ2n) is 12.0. The molecule has 31 heavy (non-hydrogen) atoms. The predicted octanol–water partition coefficient (Wildman–Crippen LogP) is 4.37. The van der Waals surface area contributed by atoms with Gasteiger partial charge in [0.2, 0.25) is 0 Å². The number of rotatable bonds is 5. The van der Waals surface area contributed by atoms with Crippen LogP contribution in [0.25, 0.3) is 0 Å². The van der Waals surface area contributed by atoms with E-state index in [1.165, 1.54) is 16.7 Å². The molecule has 0 aromatic rings. The van der Waals surface area contributed by atoms with Crippen molar-refractivity contribution < 1.29 is 20.4 Å². The summed E-state index contributed by atoms with van der Waals surface area (Å²) in [4.78, 5) is 0. The van der Waals surface area contributed by atoms with Crippen LogP contribution in [0.2, 0.25) is 0 Å². The van der Waals surface area contributed by atoms with Crippen molar-refractivity contribution in [1.82, 2.24) is 0 Å². The summed E-state index contributed by atoms with van der Waals surface area (Å²) < 4.78 is 0. The molecule has 0 heterocycles. The van der Waals surface area contributed by atoms with Crippen molar-refractivity contribution >= 4 is 0 Å². The first-order valence-corrected chi connectivity index (χ1v) is 12.7. The molecule has 176 valence electrons. The molecule has 9 atom stereocenters. The van der Waals surface area contributed by atoms with Gasteiger partial charge >= 0.3 is 0 Å². The molecular formula is C27H44O4. The van der Waals surface area contributed by atoms with Crippen molar-refractivity contribution in [1.29, 1.82) is 0 Å². The van der Waals surface area contributed by atoms with E-state index in [0.717, 1.165) is 38.5 Å². The highest BCUT2D eigenvalue weighted by Gasteiger charge is 2.57. The zero-order valence-corrected chi connectivity index (χ0v) is 20.1. The fourth-order valence-electron chi connectivity index (χ4n) is 7.86. The molecule has 4 N–H and O–H groups in total. The molecule has 4 nitrogen and oxygen atoms in total. The molecule has 0 bridgehead atoms. The second-order valence-corrected chi connectivity index (χ2v) is 12.0. The summed E-state index contributed by atoms with van der Waals surface area (Å²) in [7, 11) is 0. The van der Waals surface area contributed by atoms with E-state index < -0.39 is 18.3 Å². The van der Waals surface area contributed by atoms with Gasteiger partial charge < -0.3 is 20.4 Å². The first-order chi connectivity index (χ1) is 14.5. The summed E-state index contributed by atoms with van der Waals surface area (Å²) in [6, 6.07) is 0. The highest BCUT2D eigenvalue weighted by atomic mass is 16.3. The van der Waals surface area contributed by atoms with Crippen molar-refractivity contribution in [3.63, 3.8) is 0 Å². The fraction of sp³-hybridized carbons (Fsp3) is 0.852. The standard InChI is InChI=1S/C27H44O4/c1-15(2)21(28)9-6-16(3)18-7-8-19-17-14-23(30)24-25(31)22(29)11-13-27(24,5)20(17)10-12-26(18,19)4/h8,15-16,18,21-25,28-31H,6-7,9-14H2,1-5H3/t16-,18-,21+,22+,23+,24?,25+,26-,27-/m1/s1. The normalized spacial score (nSPS) is 44.5. The van der Waals surface area contributed by atoms with Crippen molar-refractivity contribution in [3.05, 3.63) is 22.8 Å². The Morgan fingerprint density at radius 1 is 1.00 bits per heavy atom. The molecular weight excluding hydrogens is 388 g/mol. The van der Waals surface area contributed by atoms with Gasteiger partial charge in [-0.25, -0.2) is 0 Å². The van der Waals surface area contributed by atoms with Crippen LogP contribution >= 0.6 is 0 Å². The highest BCUT2D eigenvalue weighted by Crippen LogP contribution is 2.64. The molecule has 1 saturated carbocycles. The van der Waals surface area contributed by atoms with Crippen molar-refractivity contribution in [2.75, 3.05) is 0 Å². The van der Waals surface area contributed by atoms with Crippen LogP contribution in [0.15, 0.2) is 22.8 Å². The molecule has 0 radical (unpaired) electrons. The van der Waals surface area contributed by atoms with E-state index in [1.807, 2.05) is 0 Å². The Morgan fingerprint density at radius 3 is 2.39 bits per heavy atom. The molecule has 1 unspecified atom stereocenters. The lowest BCUT2D eigenvalue weighted by atomic mass is 9.50. The molecule has 1 fully saturated rings. The lowest BCUT2D eigenvalue weighted by Crippen LogP contribution is -2.56. The fourth-order valence-corrected chi connectivity index (χ4v) is 7.86. The van der Waals surface area contributed by atoms with Gasteiger partial charge in [0.25, 0.3) is 0 Å². The SMILES string of the molecule is CC(C)[C@@H](O)CC[C@@H](C)[C@H]1CC=C2C3=C(CC[C@@]21C)[C@@]1(C)CC[C@H](O)[C@H](O)C1[C@@H](O)C3. The second kappa shape index (κ2) is 8.27. The van der Waals surface area contributed by atoms with Crippen LogP contribution in [0, 0.1) is 34.5 Å². The van der Waals surface area contributed by atoms with Gasteiger partial charge in [-0.2, -0.15) is 0 Å². The number of hydrogen-bond donors (Lipinski definition) is 4. The van der Waals surface area contributed by atoms with Crippen molar-refractivity contribution in [2.45, 2.75) is 110 Å². The minimum absolute atomic E-state index is 0.136. The largest absolute Gasteiger partial charge is 0.393 e. The van der Waals surface area contributed by atoms with E-state index in [1.54, 1.807) is 0 Å². The zero-order chi connectivity index (χ0) is 22.7. The molecule has 4 rings (SSSR count). The van der Waals surface area contributed by atoms with Crippen LogP contribution in [0.1, 0.15) is 86.0 Å². The Balaban J connectivity index is 1.59. The van der Waals surface area contributed by atoms with Gasteiger partial charge in [-0.1, -0.05) is 46.3 Å². The van der Waals surface area contributed by atoms with E-state index in [2.05, 4.69) is 40.7 Å². The number of hydrogen-bond acceptors (Lipinski definition) is 4. The number of allylic oxidation sites excluding steroid dienone is 3. The summed E-state index contributed by atoms with van der Waals surface area (Å²) in [6.45, 7) is 11.2. The number of aliphatic hydroxyl groups excluding tert-OH is 4. The van der Waals surface area contributed by atoms with Gasteiger partial charge in [0.15, 0.2) is 0 Å². The van der Waals surface area contributed by atoms with E-state index in [4.69, 9.17) is 0 Å². The summed E-state index contributed by atoms with van der Waals surface area (Å²) >= 11 is 0. The maximum Gasteiger partial charge on any atom is 0.0860 e. The van der Waals surface area contributed by atoms with E-state index in [-0.39, 0.29) is 22.9 Å². The Morgan fingerprint density at radius 2 is 1.71 bits per heavy atom. The summed E-state index contributed by atoms with van der Waals surface area (Å²) in [5.41, 5.74) is 4.17. The third-order valence-electron chi connectivity index (χ3n) is 9.94. The molecule has 4 heteroatoms. The lowest BCUT2D eigenvalue weighted by Gasteiger charge is -2.56. The third-order valence-corrected chi connectivity index (χ3v) is 9.94. The van der Waals surface area contributed by atoms with Gasteiger partial charge in [-0.15, -0.1) is 0 Å². The summed E-state index contributed by atoms with van der Waals surface area (Å²) in [5, 5.41) is 42.4. The minimum atomic E-state index is -0.839. The van der Waals surface area contributed by atoms with E-state index in [9.17, 15) is 20.4 Å². The quantitative estimate of drug-likeness (QED) is 0.520.